The van der Waals surface area contributed by atoms with Gasteiger partial charge < -0.3 is 19.5 Å². The van der Waals surface area contributed by atoms with Crippen LogP contribution in [0.1, 0.15) is 24.3 Å². The third-order valence-corrected chi connectivity index (χ3v) is 3.97. The number of carbonyl (C=O) groups excluding carboxylic acids is 2. The predicted octanol–water partition coefficient (Wildman–Crippen LogP) is 1.71. The number of benzene rings is 1. The van der Waals surface area contributed by atoms with Crippen molar-refractivity contribution in [1.29, 1.82) is 0 Å². The second-order valence-corrected chi connectivity index (χ2v) is 6.18. The topological polar surface area (TPSA) is 84.7 Å². The van der Waals surface area contributed by atoms with Crippen LogP contribution in [0.4, 0.5) is 0 Å². The lowest BCUT2D eigenvalue weighted by Crippen LogP contribution is -2.51. The molecule has 2 atom stereocenters. The largest absolute Gasteiger partial charge is 0.372 e. The Morgan fingerprint density at radius 2 is 1.88 bits per heavy atom. The first-order valence-electron chi connectivity index (χ1n) is 8.26. The molecule has 1 saturated heterocycles. The number of hydrogen-bond donors (Lipinski definition) is 1. The fourth-order valence-corrected chi connectivity index (χ4v) is 2.86. The number of hydrogen-bond acceptors (Lipinski definition) is 5. The van der Waals surface area contributed by atoms with Crippen LogP contribution in [-0.2, 0) is 9.53 Å². The van der Waals surface area contributed by atoms with Gasteiger partial charge in [-0.3, -0.25) is 9.59 Å². The molecule has 1 aromatic carbocycles. The molecule has 3 rings (SSSR count). The molecule has 2 heterocycles. The van der Waals surface area contributed by atoms with Crippen molar-refractivity contribution in [1.82, 2.24) is 15.4 Å². The van der Waals surface area contributed by atoms with E-state index in [0.717, 1.165) is 5.56 Å². The van der Waals surface area contributed by atoms with Crippen LogP contribution in [0.25, 0.3) is 11.3 Å². The van der Waals surface area contributed by atoms with E-state index in [4.69, 9.17) is 9.26 Å². The minimum Gasteiger partial charge on any atom is -0.372 e. The first-order valence-corrected chi connectivity index (χ1v) is 8.26. The summed E-state index contributed by atoms with van der Waals surface area (Å²) in [7, 11) is 0. The van der Waals surface area contributed by atoms with Gasteiger partial charge in [-0.15, -0.1) is 0 Å². The molecular formula is C18H21N3O4. The van der Waals surface area contributed by atoms with E-state index in [0.29, 0.717) is 18.8 Å². The smallest absolute Gasteiger partial charge is 0.273 e. The standard InChI is InChI=1S/C18H21N3O4/c1-12-10-21(11-13(2)24-12)17(22)9-19-18(23)15-8-16(25-20-15)14-6-4-3-5-7-14/h3-8,12-13H,9-11H2,1-2H3,(H,19,23)/t12-,13-/m1/s1. The quantitative estimate of drug-likeness (QED) is 0.913. The van der Waals surface area contributed by atoms with Gasteiger partial charge in [-0.2, -0.15) is 0 Å². The van der Waals surface area contributed by atoms with Gasteiger partial charge in [-0.05, 0) is 13.8 Å². The van der Waals surface area contributed by atoms with Gasteiger partial charge >= 0.3 is 0 Å². The Bertz CT molecular complexity index is 734. The SMILES string of the molecule is C[C@@H]1CN(C(=O)CNC(=O)c2cc(-c3ccccc3)on2)C[C@@H](C)O1. The van der Waals surface area contributed by atoms with E-state index in [1.165, 1.54) is 0 Å². The fourth-order valence-electron chi connectivity index (χ4n) is 2.86. The van der Waals surface area contributed by atoms with Gasteiger partial charge in [-0.25, -0.2) is 0 Å². The Morgan fingerprint density at radius 3 is 2.56 bits per heavy atom. The normalized spacial score (nSPS) is 20.3. The molecule has 7 nitrogen and oxygen atoms in total. The molecule has 0 unspecified atom stereocenters. The zero-order chi connectivity index (χ0) is 17.8. The van der Waals surface area contributed by atoms with Crippen LogP contribution in [0.15, 0.2) is 40.9 Å². The van der Waals surface area contributed by atoms with Gasteiger partial charge in [-0.1, -0.05) is 35.5 Å². The monoisotopic (exact) mass is 343 g/mol. The number of nitrogens with zero attached hydrogens (tertiary/aromatic N) is 2. The highest BCUT2D eigenvalue weighted by Crippen LogP contribution is 2.19. The molecule has 132 valence electrons. The lowest BCUT2D eigenvalue weighted by Gasteiger charge is -2.35. The second-order valence-electron chi connectivity index (χ2n) is 6.18. The number of carbonyl (C=O) groups is 2. The molecule has 25 heavy (non-hydrogen) atoms. The second kappa shape index (κ2) is 7.48. The maximum atomic E-state index is 12.3. The average Bonchev–Trinajstić information content (AvgIpc) is 3.09. The maximum Gasteiger partial charge on any atom is 0.273 e. The highest BCUT2D eigenvalue weighted by atomic mass is 16.5. The average molecular weight is 343 g/mol. The van der Waals surface area contributed by atoms with Crippen molar-refractivity contribution >= 4 is 11.8 Å². The molecule has 0 spiro atoms. The molecule has 0 saturated carbocycles. The first-order chi connectivity index (χ1) is 12.0. The number of aromatic nitrogens is 1. The summed E-state index contributed by atoms with van der Waals surface area (Å²) in [6.07, 6.45) is -0.0141. The van der Waals surface area contributed by atoms with Crippen LogP contribution in [0.3, 0.4) is 0 Å². The van der Waals surface area contributed by atoms with Crippen LogP contribution in [0.2, 0.25) is 0 Å². The van der Waals surface area contributed by atoms with Crippen molar-refractivity contribution < 1.29 is 18.8 Å². The van der Waals surface area contributed by atoms with Crippen molar-refractivity contribution in [3.63, 3.8) is 0 Å². The third-order valence-electron chi connectivity index (χ3n) is 3.97. The van der Waals surface area contributed by atoms with Crippen molar-refractivity contribution in [2.24, 2.45) is 0 Å². The molecule has 1 fully saturated rings. The van der Waals surface area contributed by atoms with E-state index in [1.807, 2.05) is 44.2 Å². The van der Waals surface area contributed by atoms with Gasteiger partial charge in [0.1, 0.15) is 0 Å². The molecule has 1 aromatic heterocycles. The van der Waals surface area contributed by atoms with Gasteiger partial charge in [0.2, 0.25) is 5.91 Å². The summed E-state index contributed by atoms with van der Waals surface area (Å²) in [5, 5.41) is 6.37. The van der Waals surface area contributed by atoms with E-state index < -0.39 is 5.91 Å². The van der Waals surface area contributed by atoms with Crippen LogP contribution in [-0.4, -0.2) is 53.7 Å². The molecule has 1 N–H and O–H groups in total. The maximum absolute atomic E-state index is 12.3. The van der Waals surface area contributed by atoms with E-state index >= 15 is 0 Å². The highest BCUT2D eigenvalue weighted by Gasteiger charge is 2.26. The predicted molar refractivity (Wildman–Crippen MR) is 90.9 cm³/mol. The molecule has 2 aromatic rings. The number of morpholine rings is 1. The third kappa shape index (κ3) is 4.24. The van der Waals surface area contributed by atoms with E-state index in [1.54, 1.807) is 11.0 Å². The summed E-state index contributed by atoms with van der Waals surface area (Å²) < 4.78 is 10.8. The van der Waals surface area contributed by atoms with Gasteiger partial charge in [0.15, 0.2) is 11.5 Å². The Morgan fingerprint density at radius 1 is 1.20 bits per heavy atom. The molecule has 1 aliphatic rings. The Balaban J connectivity index is 1.56. The van der Waals surface area contributed by atoms with Crippen LogP contribution in [0.5, 0.6) is 0 Å². The van der Waals surface area contributed by atoms with E-state index in [2.05, 4.69) is 10.5 Å². The number of ether oxygens (including phenoxy) is 1. The fraction of sp³-hybridized carbons (Fsp3) is 0.389. The molecular weight excluding hydrogens is 322 g/mol. The highest BCUT2D eigenvalue weighted by molar-refractivity contribution is 5.95. The summed E-state index contributed by atoms with van der Waals surface area (Å²) in [5.74, 6) is -0.0660. The summed E-state index contributed by atoms with van der Waals surface area (Å²) in [4.78, 5) is 26.1. The summed E-state index contributed by atoms with van der Waals surface area (Å²) >= 11 is 0. The van der Waals surface area contributed by atoms with E-state index in [-0.39, 0.29) is 30.4 Å². The Kier molecular flexibility index (Phi) is 5.14. The lowest BCUT2D eigenvalue weighted by molar-refractivity contribution is -0.142. The molecule has 2 amide bonds. The molecule has 0 bridgehead atoms. The molecule has 7 heteroatoms. The summed E-state index contributed by atoms with van der Waals surface area (Å²) in [6, 6.07) is 10.9. The van der Waals surface area contributed by atoms with Gasteiger partial charge in [0, 0.05) is 24.7 Å². The zero-order valence-electron chi connectivity index (χ0n) is 14.3. The summed E-state index contributed by atoms with van der Waals surface area (Å²) in [6.45, 7) is 4.83. The van der Waals surface area contributed by atoms with E-state index in [9.17, 15) is 9.59 Å². The first kappa shape index (κ1) is 17.2. The van der Waals surface area contributed by atoms with Crippen molar-refractivity contribution in [3.05, 3.63) is 42.1 Å². The van der Waals surface area contributed by atoms with Crippen molar-refractivity contribution in [2.75, 3.05) is 19.6 Å². The van der Waals surface area contributed by atoms with Crippen molar-refractivity contribution in [2.45, 2.75) is 26.1 Å². The zero-order valence-corrected chi connectivity index (χ0v) is 14.3. The lowest BCUT2D eigenvalue weighted by atomic mass is 10.1. The molecule has 0 aliphatic carbocycles. The number of rotatable bonds is 4. The Labute approximate surface area is 145 Å². The van der Waals surface area contributed by atoms with Gasteiger partial charge in [0.25, 0.3) is 5.91 Å². The van der Waals surface area contributed by atoms with Crippen LogP contribution >= 0.6 is 0 Å². The number of amides is 2. The van der Waals surface area contributed by atoms with Crippen LogP contribution in [0, 0.1) is 0 Å². The van der Waals surface area contributed by atoms with Crippen molar-refractivity contribution in [3.8, 4) is 11.3 Å². The number of nitrogens with one attached hydrogen (secondary N) is 1. The van der Waals surface area contributed by atoms with Crippen LogP contribution < -0.4 is 5.32 Å². The minimum atomic E-state index is -0.436. The molecule has 1 aliphatic heterocycles. The minimum absolute atomic E-state index is 0.00706. The summed E-state index contributed by atoms with van der Waals surface area (Å²) in [5.41, 5.74) is 0.983. The molecule has 0 radical (unpaired) electrons. The van der Waals surface area contributed by atoms with Gasteiger partial charge in [0.05, 0.1) is 18.8 Å². The Hall–Kier alpha value is -2.67.